The molecule has 0 N–H and O–H groups in total. The fourth-order valence-electron chi connectivity index (χ4n) is 9.59. The Morgan fingerprint density at radius 1 is 0.280 bits per heavy atom. The summed E-state index contributed by atoms with van der Waals surface area (Å²) in [4.78, 5) is 38.1. The van der Waals surface area contributed by atoms with Crippen LogP contribution in [-0.4, -0.2) is 37.2 Å². The smallest absolute Gasteiger partial charge is 0.306 e. The van der Waals surface area contributed by atoms with Gasteiger partial charge >= 0.3 is 17.9 Å². The van der Waals surface area contributed by atoms with Gasteiger partial charge in [0.25, 0.3) is 0 Å². The molecule has 6 heteroatoms. The number of ether oxygens (including phenoxy) is 3. The first-order valence-corrected chi connectivity index (χ1v) is 32.8. The minimum Gasteiger partial charge on any atom is -0.462 e. The number of rotatable bonds is 60. The minimum absolute atomic E-state index is 0.0714. The van der Waals surface area contributed by atoms with Crippen LogP contribution in [0.2, 0.25) is 0 Å². The molecule has 0 aliphatic heterocycles. The van der Waals surface area contributed by atoms with Gasteiger partial charge in [-0.25, -0.2) is 0 Å². The summed E-state index contributed by atoms with van der Waals surface area (Å²) in [7, 11) is 0. The van der Waals surface area contributed by atoms with Gasteiger partial charge in [0.05, 0.1) is 0 Å². The lowest BCUT2D eigenvalue weighted by Gasteiger charge is -2.18. The Bertz CT molecular complexity index is 1340. The normalized spacial score (nSPS) is 12.4. The Morgan fingerprint density at radius 2 is 0.533 bits per heavy atom. The van der Waals surface area contributed by atoms with Gasteiger partial charge in [-0.05, 0) is 77.0 Å². The van der Waals surface area contributed by atoms with Crippen molar-refractivity contribution in [3.63, 3.8) is 0 Å². The van der Waals surface area contributed by atoms with E-state index in [2.05, 4.69) is 81.5 Å². The number of hydrogen-bond donors (Lipinski definition) is 0. The van der Waals surface area contributed by atoms with Crippen LogP contribution in [0.15, 0.2) is 60.8 Å². The Balaban J connectivity index is 3.96. The third-order valence-electron chi connectivity index (χ3n) is 14.5. The van der Waals surface area contributed by atoms with Crippen LogP contribution in [0.25, 0.3) is 0 Å². The monoisotopic (exact) mass is 1050 g/mol. The van der Waals surface area contributed by atoms with E-state index in [1.807, 2.05) is 0 Å². The van der Waals surface area contributed by atoms with Crippen LogP contribution in [0, 0.1) is 0 Å². The van der Waals surface area contributed by atoms with Gasteiger partial charge in [-0.3, -0.25) is 14.4 Å². The number of allylic oxidation sites excluding steroid dienone is 10. The molecule has 0 spiro atoms. The lowest BCUT2D eigenvalue weighted by Crippen LogP contribution is -2.30. The molecule has 0 aliphatic rings. The maximum Gasteiger partial charge on any atom is 0.306 e. The maximum atomic E-state index is 12.8. The topological polar surface area (TPSA) is 78.9 Å². The first-order chi connectivity index (χ1) is 37.0. The predicted molar refractivity (Wildman–Crippen MR) is 325 cm³/mol. The molecule has 1 atom stereocenters. The van der Waals surface area contributed by atoms with E-state index in [0.717, 1.165) is 96.3 Å². The molecule has 0 fully saturated rings. The molecule has 6 nitrogen and oxygen atoms in total. The van der Waals surface area contributed by atoms with E-state index in [9.17, 15) is 14.4 Å². The summed E-state index contributed by atoms with van der Waals surface area (Å²) in [5, 5.41) is 0. The third kappa shape index (κ3) is 61.8. The molecule has 1 unspecified atom stereocenters. The average molecular weight is 1050 g/mol. The minimum atomic E-state index is -0.772. The van der Waals surface area contributed by atoms with Gasteiger partial charge in [-0.2, -0.15) is 0 Å². The van der Waals surface area contributed by atoms with E-state index in [0.29, 0.717) is 19.3 Å². The predicted octanol–water partition coefficient (Wildman–Crippen LogP) is 22.3. The highest BCUT2D eigenvalue weighted by atomic mass is 16.6. The van der Waals surface area contributed by atoms with Crippen molar-refractivity contribution in [1.82, 2.24) is 0 Å². The van der Waals surface area contributed by atoms with Crippen LogP contribution < -0.4 is 0 Å². The number of unbranched alkanes of at least 4 members (excludes halogenated alkanes) is 39. The number of esters is 3. The van der Waals surface area contributed by atoms with Gasteiger partial charge in [0.2, 0.25) is 0 Å². The molecular formula is C69H124O6. The van der Waals surface area contributed by atoms with Gasteiger partial charge in [-0.1, -0.05) is 306 Å². The highest BCUT2D eigenvalue weighted by Gasteiger charge is 2.19. The second-order valence-electron chi connectivity index (χ2n) is 22.0. The second kappa shape index (κ2) is 63.6. The lowest BCUT2D eigenvalue weighted by atomic mass is 10.0. The second-order valence-corrected chi connectivity index (χ2v) is 22.0. The van der Waals surface area contributed by atoms with Gasteiger partial charge in [0, 0.05) is 19.3 Å². The molecule has 0 aromatic rings. The standard InChI is InChI=1S/C69H124O6/c1-4-7-10-13-16-19-22-23-24-25-26-27-28-29-30-31-32-33-34-35-36-37-38-39-40-41-42-43-44-45-48-50-53-56-59-62-68(71)74-65-66(75-69(72)63-60-57-54-51-47-21-18-15-12-9-6-3)64-73-67(70)61-58-55-52-49-46-20-17-14-11-8-5-2/h7,10,15-16,18-19,23-24,26-27,66H,4-6,8-9,11-14,17,20-22,25,28-65H2,1-3H3/b10-7-,18-15-,19-16-,24-23-,27-26-. The van der Waals surface area contributed by atoms with E-state index in [-0.39, 0.29) is 31.1 Å². The fraction of sp³-hybridized carbons (Fsp3) is 0.812. The summed E-state index contributed by atoms with van der Waals surface area (Å²) in [6.45, 7) is 6.51. The van der Waals surface area contributed by atoms with Crippen molar-refractivity contribution in [2.24, 2.45) is 0 Å². The number of hydrogen-bond acceptors (Lipinski definition) is 6. The first kappa shape index (κ1) is 72.1. The molecule has 0 aromatic heterocycles. The summed E-state index contributed by atoms with van der Waals surface area (Å²) in [5.41, 5.74) is 0. The van der Waals surface area contributed by atoms with Crippen LogP contribution in [0.3, 0.4) is 0 Å². The van der Waals surface area contributed by atoms with Crippen molar-refractivity contribution >= 4 is 17.9 Å². The van der Waals surface area contributed by atoms with Gasteiger partial charge in [0.15, 0.2) is 6.10 Å². The largest absolute Gasteiger partial charge is 0.462 e. The number of carbonyl (C=O) groups excluding carboxylic acids is 3. The van der Waals surface area contributed by atoms with Crippen LogP contribution in [0.1, 0.15) is 342 Å². The van der Waals surface area contributed by atoms with E-state index in [1.165, 1.54) is 205 Å². The molecule has 0 heterocycles. The van der Waals surface area contributed by atoms with Gasteiger partial charge in [-0.15, -0.1) is 0 Å². The molecule has 0 saturated heterocycles. The highest BCUT2D eigenvalue weighted by Crippen LogP contribution is 2.18. The molecule has 0 aromatic carbocycles. The van der Waals surface area contributed by atoms with Crippen LogP contribution in [-0.2, 0) is 28.6 Å². The van der Waals surface area contributed by atoms with Crippen molar-refractivity contribution in [2.75, 3.05) is 13.2 Å². The molecule has 436 valence electrons. The zero-order valence-electron chi connectivity index (χ0n) is 50.1. The van der Waals surface area contributed by atoms with Crippen molar-refractivity contribution < 1.29 is 28.6 Å². The molecule has 0 saturated carbocycles. The van der Waals surface area contributed by atoms with Crippen molar-refractivity contribution in [2.45, 2.75) is 348 Å². The fourth-order valence-corrected chi connectivity index (χ4v) is 9.59. The molecule has 0 bridgehead atoms. The molecule has 0 rings (SSSR count). The summed E-state index contributed by atoms with van der Waals surface area (Å²) >= 11 is 0. The van der Waals surface area contributed by atoms with Crippen molar-refractivity contribution in [3.8, 4) is 0 Å². The first-order valence-electron chi connectivity index (χ1n) is 32.8. The highest BCUT2D eigenvalue weighted by molar-refractivity contribution is 5.71. The zero-order chi connectivity index (χ0) is 54.3. The lowest BCUT2D eigenvalue weighted by molar-refractivity contribution is -0.167. The van der Waals surface area contributed by atoms with E-state index >= 15 is 0 Å². The Hall–Kier alpha value is -2.89. The zero-order valence-corrected chi connectivity index (χ0v) is 50.1. The Labute approximate surface area is 466 Å². The van der Waals surface area contributed by atoms with Crippen LogP contribution in [0.5, 0.6) is 0 Å². The van der Waals surface area contributed by atoms with Crippen LogP contribution in [0.4, 0.5) is 0 Å². The molecular weight excluding hydrogens is 925 g/mol. The van der Waals surface area contributed by atoms with Crippen molar-refractivity contribution in [1.29, 1.82) is 0 Å². The Morgan fingerprint density at radius 3 is 0.867 bits per heavy atom. The SMILES string of the molecule is CC/C=C\C/C=C\C/C=C\C/C=C\CCCCCCCCCCCCCCCCCCCCCCCCC(=O)OCC(COC(=O)CCCCCCCCCCCCC)OC(=O)CCCCCCC/C=C\CCCC. The van der Waals surface area contributed by atoms with Crippen LogP contribution >= 0.6 is 0 Å². The maximum absolute atomic E-state index is 12.8. The number of carbonyl (C=O) groups is 3. The van der Waals surface area contributed by atoms with Gasteiger partial charge < -0.3 is 14.2 Å². The molecule has 0 radical (unpaired) electrons. The van der Waals surface area contributed by atoms with E-state index < -0.39 is 6.10 Å². The van der Waals surface area contributed by atoms with Crippen molar-refractivity contribution in [3.05, 3.63) is 60.8 Å². The van der Waals surface area contributed by atoms with E-state index in [1.54, 1.807) is 0 Å². The Kier molecular flexibility index (Phi) is 61.2. The summed E-state index contributed by atoms with van der Waals surface area (Å²) in [6.07, 6.45) is 81.2. The average Bonchev–Trinajstić information content (AvgIpc) is 3.41. The summed E-state index contributed by atoms with van der Waals surface area (Å²) in [6, 6.07) is 0. The van der Waals surface area contributed by atoms with E-state index in [4.69, 9.17) is 14.2 Å². The summed E-state index contributed by atoms with van der Waals surface area (Å²) in [5.74, 6) is -0.864. The molecule has 0 aliphatic carbocycles. The quantitative estimate of drug-likeness (QED) is 0.0261. The molecule has 75 heavy (non-hydrogen) atoms. The molecule has 0 amide bonds. The third-order valence-corrected chi connectivity index (χ3v) is 14.5. The van der Waals surface area contributed by atoms with Gasteiger partial charge in [0.1, 0.15) is 13.2 Å². The summed E-state index contributed by atoms with van der Waals surface area (Å²) < 4.78 is 16.9.